The summed E-state index contributed by atoms with van der Waals surface area (Å²) >= 11 is 1.44. The Morgan fingerprint density at radius 2 is 2.00 bits per heavy atom. The minimum atomic E-state index is -0.535. The van der Waals surface area contributed by atoms with E-state index >= 15 is 0 Å². The number of amides is 1. The van der Waals surface area contributed by atoms with Gasteiger partial charge in [0.05, 0.1) is 18.8 Å². The summed E-state index contributed by atoms with van der Waals surface area (Å²) in [4.78, 5) is 15.9. The van der Waals surface area contributed by atoms with Crippen LogP contribution in [0.1, 0.15) is 34.6 Å². The molecule has 29 heavy (non-hydrogen) atoms. The molecule has 4 rings (SSSR count). The van der Waals surface area contributed by atoms with Gasteiger partial charge in [0.1, 0.15) is 28.5 Å². The molecule has 2 aromatic heterocycles. The van der Waals surface area contributed by atoms with E-state index in [1.165, 1.54) is 17.4 Å². The number of furan rings is 1. The number of thiophene rings is 1. The highest BCUT2D eigenvalue weighted by Crippen LogP contribution is 2.37. The average molecular weight is 408 g/mol. The zero-order valence-corrected chi connectivity index (χ0v) is 16.7. The molecule has 0 atom stereocenters. The van der Waals surface area contributed by atoms with Crippen molar-refractivity contribution in [3.05, 3.63) is 39.5 Å². The molecule has 0 saturated carbocycles. The van der Waals surface area contributed by atoms with E-state index in [1.807, 2.05) is 12.1 Å². The summed E-state index contributed by atoms with van der Waals surface area (Å²) in [5.74, 6) is 0.589. The first-order chi connectivity index (χ1) is 14.2. The summed E-state index contributed by atoms with van der Waals surface area (Å²) in [6.07, 6.45) is 5.38. The number of anilines is 2. The Labute approximate surface area is 172 Å². The van der Waals surface area contributed by atoms with Crippen molar-refractivity contribution < 1.29 is 13.9 Å². The second-order valence-corrected chi connectivity index (χ2v) is 8.03. The molecule has 0 unspecified atom stereocenters. The maximum Gasteiger partial charge on any atom is 0.267 e. The Morgan fingerprint density at radius 1 is 1.21 bits per heavy atom. The number of morpholine rings is 1. The molecule has 3 heterocycles. The molecule has 0 aromatic carbocycles. The third-order valence-electron chi connectivity index (χ3n) is 5.10. The summed E-state index contributed by atoms with van der Waals surface area (Å²) in [7, 11) is 0. The molecule has 2 aliphatic rings. The predicted molar refractivity (Wildman–Crippen MR) is 110 cm³/mol. The van der Waals surface area contributed by atoms with Crippen LogP contribution in [-0.4, -0.2) is 32.2 Å². The van der Waals surface area contributed by atoms with Gasteiger partial charge >= 0.3 is 0 Å². The van der Waals surface area contributed by atoms with Crippen LogP contribution in [0.3, 0.4) is 0 Å². The summed E-state index contributed by atoms with van der Waals surface area (Å²) in [6, 6.07) is 7.71. The number of nitriles is 2. The molecule has 1 N–H and O–H groups in total. The van der Waals surface area contributed by atoms with E-state index in [0.29, 0.717) is 35.4 Å². The number of nitrogens with one attached hydrogen (secondary N) is 1. The second kappa shape index (κ2) is 8.52. The molecule has 7 nitrogen and oxygen atoms in total. The molecular weight excluding hydrogens is 388 g/mol. The van der Waals surface area contributed by atoms with Crippen LogP contribution < -0.4 is 10.2 Å². The normalized spacial score (nSPS) is 16.6. The van der Waals surface area contributed by atoms with Gasteiger partial charge in [-0.1, -0.05) is 0 Å². The van der Waals surface area contributed by atoms with Gasteiger partial charge in [0.15, 0.2) is 5.88 Å². The maximum atomic E-state index is 12.7. The van der Waals surface area contributed by atoms with Crippen molar-refractivity contribution >= 4 is 34.2 Å². The number of fused-ring (bicyclic) bond motifs is 1. The van der Waals surface area contributed by atoms with Crippen molar-refractivity contribution in [2.45, 2.75) is 25.7 Å². The van der Waals surface area contributed by atoms with Crippen LogP contribution in [0.5, 0.6) is 0 Å². The van der Waals surface area contributed by atoms with Crippen molar-refractivity contribution in [1.29, 1.82) is 10.5 Å². The summed E-state index contributed by atoms with van der Waals surface area (Å²) in [5.41, 5.74) is 1.51. The van der Waals surface area contributed by atoms with Gasteiger partial charge < -0.3 is 19.4 Å². The minimum Gasteiger partial charge on any atom is -0.441 e. The van der Waals surface area contributed by atoms with Crippen molar-refractivity contribution in [2.24, 2.45) is 0 Å². The Kier molecular flexibility index (Phi) is 5.66. The van der Waals surface area contributed by atoms with Crippen LogP contribution in [0.15, 0.2) is 22.1 Å². The molecular formula is C21H20N4O3S. The first-order valence-corrected chi connectivity index (χ1v) is 10.4. The Hall–Kier alpha value is -3.07. The Bertz CT molecular complexity index is 1030. The van der Waals surface area contributed by atoms with Gasteiger partial charge in [-0.2, -0.15) is 10.5 Å². The molecule has 0 bridgehead atoms. The fourth-order valence-corrected chi connectivity index (χ4v) is 4.84. The molecule has 1 amide bonds. The zero-order chi connectivity index (χ0) is 20.2. The van der Waals surface area contributed by atoms with Crippen LogP contribution in [0.25, 0.3) is 6.08 Å². The predicted octanol–water partition coefficient (Wildman–Crippen LogP) is 3.47. The number of carbonyl (C=O) groups excluding carboxylic acids is 1. The summed E-state index contributed by atoms with van der Waals surface area (Å²) in [5, 5.41) is 22.3. The molecule has 8 heteroatoms. The largest absolute Gasteiger partial charge is 0.441 e. The topological polar surface area (TPSA) is 102 Å². The minimum absolute atomic E-state index is 0.0665. The van der Waals surface area contributed by atoms with Gasteiger partial charge in [-0.15, -0.1) is 11.3 Å². The van der Waals surface area contributed by atoms with Gasteiger partial charge in [0, 0.05) is 30.1 Å². The zero-order valence-electron chi connectivity index (χ0n) is 15.9. The quantitative estimate of drug-likeness (QED) is 0.614. The van der Waals surface area contributed by atoms with Crippen molar-refractivity contribution in [1.82, 2.24) is 0 Å². The van der Waals surface area contributed by atoms with Gasteiger partial charge in [0.2, 0.25) is 0 Å². The molecule has 0 radical (unpaired) electrons. The van der Waals surface area contributed by atoms with E-state index < -0.39 is 5.91 Å². The number of hydrogen-bond acceptors (Lipinski definition) is 7. The lowest BCUT2D eigenvalue weighted by atomic mass is 9.96. The van der Waals surface area contributed by atoms with E-state index in [9.17, 15) is 15.3 Å². The Morgan fingerprint density at radius 3 is 2.76 bits per heavy atom. The highest BCUT2D eigenvalue weighted by molar-refractivity contribution is 7.16. The lowest BCUT2D eigenvalue weighted by Crippen LogP contribution is -2.35. The van der Waals surface area contributed by atoms with Gasteiger partial charge in [-0.3, -0.25) is 4.79 Å². The fraction of sp³-hybridized carbons (Fsp3) is 0.381. The highest BCUT2D eigenvalue weighted by Gasteiger charge is 2.23. The Balaban J connectivity index is 1.52. The molecule has 1 aliphatic heterocycles. The third-order valence-corrected chi connectivity index (χ3v) is 6.30. The SMILES string of the molecule is N#CC(=Cc1ccc(N2CCOCC2)o1)C(=O)Nc1sc2c(c1C#N)CCCC2. The van der Waals surface area contributed by atoms with E-state index in [4.69, 9.17) is 9.15 Å². The first-order valence-electron chi connectivity index (χ1n) is 9.60. The molecule has 1 aliphatic carbocycles. The van der Waals surface area contributed by atoms with Crippen LogP contribution in [0.2, 0.25) is 0 Å². The van der Waals surface area contributed by atoms with E-state index in [1.54, 1.807) is 6.07 Å². The van der Waals surface area contributed by atoms with Crippen LogP contribution in [0.4, 0.5) is 10.9 Å². The van der Waals surface area contributed by atoms with Crippen LogP contribution in [0, 0.1) is 22.7 Å². The number of ether oxygens (including phenoxy) is 1. The van der Waals surface area contributed by atoms with Crippen LogP contribution in [-0.2, 0) is 22.4 Å². The number of rotatable bonds is 4. The number of nitrogens with zero attached hydrogens (tertiary/aromatic N) is 3. The standard InChI is InChI=1S/C21H20N4O3S/c22-12-14(11-15-5-6-19(28-15)25-7-9-27-10-8-25)20(26)24-21-17(13-23)16-3-1-2-4-18(16)29-21/h5-6,11H,1-4,7-10H2,(H,24,26). The lowest BCUT2D eigenvalue weighted by Gasteiger charge is -2.26. The lowest BCUT2D eigenvalue weighted by molar-refractivity contribution is -0.112. The number of aryl methyl sites for hydroxylation is 1. The second-order valence-electron chi connectivity index (χ2n) is 6.93. The van der Waals surface area contributed by atoms with Crippen molar-refractivity contribution in [2.75, 3.05) is 36.5 Å². The van der Waals surface area contributed by atoms with Gasteiger partial charge in [-0.25, -0.2) is 0 Å². The molecule has 1 fully saturated rings. The van der Waals surface area contributed by atoms with Gasteiger partial charge in [0.25, 0.3) is 5.91 Å². The van der Waals surface area contributed by atoms with Gasteiger partial charge in [-0.05, 0) is 37.3 Å². The molecule has 0 spiro atoms. The monoisotopic (exact) mass is 408 g/mol. The molecule has 2 aromatic rings. The summed E-state index contributed by atoms with van der Waals surface area (Å²) < 4.78 is 11.1. The van der Waals surface area contributed by atoms with E-state index in [2.05, 4.69) is 16.3 Å². The smallest absolute Gasteiger partial charge is 0.267 e. The van der Waals surface area contributed by atoms with Crippen LogP contribution >= 0.6 is 11.3 Å². The van der Waals surface area contributed by atoms with E-state index in [-0.39, 0.29) is 5.57 Å². The van der Waals surface area contributed by atoms with Crippen molar-refractivity contribution in [3.8, 4) is 12.1 Å². The highest BCUT2D eigenvalue weighted by atomic mass is 32.1. The van der Waals surface area contributed by atoms with E-state index in [0.717, 1.165) is 49.2 Å². The van der Waals surface area contributed by atoms with Crippen molar-refractivity contribution in [3.63, 3.8) is 0 Å². The fourth-order valence-electron chi connectivity index (χ4n) is 3.61. The third kappa shape index (κ3) is 4.04. The number of carbonyl (C=O) groups is 1. The molecule has 1 saturated heterocycles. The molecule has 148 valence electrons. The number of hydrogen-bond donors (Lipinski definition) is 1. The maximum absolute atomic E-state index is 12.7. The average Bonchev–Trinajstić information content (AvgIpc) is 3.36. The summed E-state index contributed by atoms with van der Waals surface area (Å²) in [6.45, 7) is 2.76. The first kappa shape index (κ1) is 19.3.